The van der Waals surface area contributed by atoms with Crippen LogP contribution in [-0.2, 0) is 0 Å². The number of hydrogen-bond donors (Lipinski definition) is 2. The molecule has 0 aliphatic carbocycles. The van der Waals surface area contributed by atoms with Crippen molar-refractivity contribution < 1.29 is 10.0 Å². The van der Waals surface area contributed by atoms with Crippen LogP contribution in [0.3, 0.4) is 0 Å². The fourth-order valence-electron chi connectivity index (χ4n) is 1.45. The number of thioether (sulfide) groups is 1. The van der Waals surface area contributed by atoms with Gasteiger partial charge in [-0.2, -0.15) is 11.8 Å². The zero-order valence-electron chi connectivity index (χ0n) is 10.1. The minimum atomic E-state index is -0.902. The number of benzene rings is 1. The SMILES string of the molecule is CSCC(C)(O)CNc1ccc(Br)cc1[N+](=O)[O-]. The van der Waals surface area contributed by atoms with Gasteiger partial charge in [0.15, 0.2) is 0 Å². The lowest BCUT2D eigenvalue weighted by Gasteiger charge is -2.23. The highest BCUT2D eigenvalue weighted by molar-refractivity contribution is 9.10. The van der Waals surface area contributed by atoms with Crippen LogP contribution in [0.15, 0.2) is 22.7 Å². The van der Waals surface area contributed by atoms with Crippen molar-refractivity contribution in [3.63, 3.8) is 0 Å². The molecule has 0 aromatic heterocycles. The number of anilines is 1. The number of nitrogens with one attached hydrogen (secondary N) is 1. The first-order valence-electron chi connectivity index (χ1n) is 5.25. The minimum Gasteiger partial charge on any atom is -0.387 e. The van der Waals surface area contributed by atoms with Crippen LogP contribution in [0.5, 0.6) is 0 Å². The van der Waals surface area contributed by atoms with E-state index in [1.165, 1.54) is 17.8 Å². The number of nitro benzene ring substituents is 1. The first kappa shape index (κ1) is 15.3. The van der Waals surface area contributed by atoms with Crippen LogP contribution in [0.4, 0.5) is 11.4 Å². The zero-order chi connectivity index (χ0) is 13.8. The van der Waals surface area contributed by atoms with E-state index in [2.05, 4.69) is 21.2 Å². The van der Waals surface area contributed by atoms with Gasteiger partial charge in [0.25, 0.3) is 5.69 Å². The average Bonchev–Trinajstić information content (AvgIpc) is 2.27. The topological polar surface area (TPSA) is 75.4 Å². The van der Waals surface area contributed by atoms with Crippen LogP contribution in [0.1, 0.15) is 6.92 Å². The highest BCUT2D eigenvalue weighted by atomic mass is 79.9. The molecule has 0 saturated heterocycles. The van der Waals surface area contributed by atoms with Gasteiger partial charge in [-0.05, 0) is 25.3 Å². The Balaban J connectivity index is 2.82. The maximum Gasteiger partial charge on any atom is 0.293 e. The van der Waals surface area contributed by atoms with Crippen LogP contribution in [-0.4, -0.2) is 34.2 Å². The van der Waals surface area contributed by atoms with Gasteiger partial charge >= 0.3 is 0 Å². The number of aliphatic hydroxyl groups is 1. The van der Waals surface area contributed by atoms with Crippen LogP contribution < -0.4 is 5.32 Å². The quantitative estimate of drug-likeness (QED) is 0.618. The Morgan fingerprint density at radius 2 is 2.28 bits per heavy atom. The lowest BCUT2D eigenvalue weighted by Crippen LogP contribution is -2.36. The zero-order valence-corrected chi connectivity index (χ0v) is 12.5. The van der Waals surface area contributed by atoms with Gasteiger partial charge in [-0.15, -0.1) is 0 Å². The average molecular weight is 335 g/mol. The summed E-state index contributed by atoms with van der Waals surface area (Å²) in [5.41, 5.74) is -0.505. The third kappa shape index (κ3) is 4.47. The number of rotatable bonds is 6. The van der Waals surface area contributed by atoms with E-state index in [9.17, 15) is 15.2 Å². The van der Waals surface area contributed by atoms with E-state index in [0.29, 0.717) is 15.9 Å². The van der Waals surface area contributed by atoms with E-state index < -0.39 is 10.5 Å². The maximum atomic E-state index is 10.9. The van der Waals surface area contributed by atoms with Crippen molar-refractivity contribution in [1.29, 1.82) is 0 Å². The maximum absolute atomic E-state index is 10.9. The number of nitro groups is 1. The predicted octanol–water partition coefficient (Wildman–Crippen LogP) is 2.88. The molecule has 18 heavy (non-hydrogen) atoms. The van der Waals surface area contributed by atoms with E-state index in [0.717, 1.165) is 0 Å². The molecule has 1 rings (SSSR count). The third-order valence-electron chi connectivity index (χ3n) is 2.27. The second-order valence-corrected chi connectivity index (χ2v) is 5.98. The lowest BCUT2D eigenvalue weighted by atomic mass is 10.1. The molecule has 0 aliphatic rings. The molecule has 1 atom stereocenters. The van der Waals surface area contributed by atoms with Crippen LogP contribution in [0.25, 0.3) is 0 Å². The highest BCUT2D eigenvalue weighted by Gasteiger charge is 2.21. The normalized spacial score (nSPS) is 14.0. The second kappa shape index (κ2) is 6.40. The van der Waals surface area contributed by atoms with Gasteiger partial charge in [0.2, 0.25) is 0 Å². The monoisotopic (exact) mass is 334 g/mol. The Bertz CT molecular complexity index is 440. The molecule has 1 aromatic rings. The number of hydrogen-bond acceptors (Lipinski definition) is 5. The van der Waals surface area contributed by atoms with Gasteiger partial charge in [0.05, 0.1) is 10.5 Å². The Kier molecular flexibility index (Phi) is 5.43. The van der Waals surface area contributed by atoms with Crippen molar-refractivity contribution in [1.82, 2.24) is 0 Å². The molecular formula is C11H15BrN2O3S. The molecule has 5 nitrogen and oxygen atoms in total. The van der Waals surface area contributed by atoms with Crippen molar-refractivity contribution in [2.45, 2.75) is 12.5 Å². The molecule has 100 valence electrons. The summed E-state index contributed by atoms with van der Waals surface area (Å²) in [5.74, 6) is 0.560. The molecular weight excluding hydrogens is 320 g/mol. The second-order valence-electron chi connectivity index (χ2n) is 4.20. The van der Waals surface area contributed by atoms with E-state index in [-0.39, 0.29) is 12.2 Å². The fourth-order valence-corrected chi connectivity index (χ4v) is 2.53. The first-order chi connectivity index (χ1) is 8.35. The van der Waals surface area contributed by atoms with Gasteiger partial charge in [-0.3, -0.25) is 10.1 Å². The van der Waals surface area contributed by atoms with E-state index in [1.807, 2.05) is 6.26 Å². The smallest absolute Gasteiger partial charge is 0.293 e. The molecule has 0 bridgehead atoms. The summed E-state index contributed by atoms with van der Waals surface area (Å²) in [5, 5.41) is 23.8. The van der Waals surface area contributed by atoms with Crippen LogP contribution >= 0.6 is 27.7 Å². The van der Waals surface area contributed by atoms with Crippen molar-refractivity contribution >= 4 is 39.1 Å². The molecule has 0 heterocycles. The number of halogens is 1. The molecule has 2 N–H and O–H groups in total. The third-order valence-corrected chi connectivity index (χ3v) is 3.68. The standard InChI is InChI=1S/C11H15BrN2O3S/c1-11(15,7-18-2)6-13-9-4-3-8(12)5-10(9)14(16)17/h3-5,13,15H,6-7H2,1-2H3. The molecule has 1 aromatic carbocycles. The van der Waals surface area contributed by atoms with Crippen molar-refractivity contribution in [3.05, 3.63) is 32.8 Å². The Morgan fingerprint density at radius 1 is 1.61 bits per heavy atom. The summed E-state index contributed by atoms with van der Waals surface area (Å²) in [7, 11) is 0. The van der Waals surface area contributed by atoms with E-state index >= 15 is 0 Å². The van der Waals surface area contributed by atoms with E-state index in [4.69, 9.17) is 0 Å². The summed E-state index contributed by atoms with van der Waals surface area (Å²) >= 11 is 4.72. The van der Waals surface area contributed by atoms with Gasteiger partial charge in [-0.1, -0.05) is 15.9 Å². The largest absolute Gasteiger partial charge is 0.387 e. The summed E-state index contributed by atoms with van der Waals surface area (Å²) in [6.45, 7) is 1.96. The first-order valence-corrected chi connectivity index (χ1v) is 7.43. The molecule has 0 fully saturated rings. The van der Waals surface area contributed by atoms with Crippen molar-refractivity contribution in [2.75, 3.05) is 23.9 Å². The summed E-state index contributed by atoms with van der Waals surface area (Å²) in [6, 6.07) is 4.78. The molecule has 0 spiro atoms. The molecule has 0 radical (unpaired) electrons. The van der Waals surface area contributed by atoms with E-state index in [1.54, 1.807) is 19.1 Å². The molecule has 7 heteroatoms. The van der Waals surface area contributed by atoms with Crippen LogP contribution in [0, 0.1) is 10.1 Å². The van der Waals surface area contributed by atoms with Gasteiger partial charge in [0, 0.05) is 22.8 Å². The van der Waals surface area contributed by atoms with Gasteiger partial charge in [0.1, 0.15) is 5.69 Å². The Hall–Kier alpha value is -0.790. The van der Waals surface area contributed by atoms with Crippen LogP contribution in [0.2, 0.25) is 0 Å². The Morgan fingerprint density at radius 3 is 2.83 bits per heavy atom. The molecule has 0 saturated carbocycles. The minimum absolute atomic E-state index is 0.00988. The summed E-state index contributed by atoms with van der Waals surface area (Å²) < 4.78 is 0.649. The summed E-state index contributed by atoms with van der Waals surface area (Å²) in [6.07, 6.45) is 1.90. The highest BCUT2D eigenvalue weighted by Crippen LogP contribution is 2.28. The van der Waals surface area contributed by atoms with Crippen molar-refractivity contribution in [2.24, 2.45) is 0 Å². The predicted molar refractivity (Wildman–Crippen MR) is 78.3 cm³/mol. The Labute approximate surface area is 118 Å². The lowest BCUT2D eigenvalue weighted by molar-refractivity contribution is -0.384. The molecule has 0 aliphatic heterocycles. The van der Waals surface area contributed by atoms with Crippen molar-refractivity contribution in [3.8, 4) is 0 Å². The molecule has 0 amide bonds. The number of nitrogens with zero attached hydrogens (tertiary/aromatic N) is 1. The van der Waals surface area contributed by atoms with Gasteiger partial charge in [-0.25, -0.2) is 0 Å². The fraction of sp³-hybridized carbons (Fsp3) is 0.455. The van der Waals surface area contributed by atoms with Gasteiger partial charge < -0.3 is 10.4 Å². The molecule has 1 unspecified atom stereocenters. The summed E-state index contributed by atoms with van der Waals surface area (Å²) in [4.78, 5) is 10.5.